The van der Waals surface area contributed by atoms with Crippen molar-refractivity contribution in [3.63, 3.8) is 0 Å². The molecule has 3 heterocycles. The third kappa shape index (κ3) is 3.55. The monoisotopic (exact) mass is 342 g/mol. The van der Waals surface area contributed by atoms with Gasteiger partial charge in [0.2, 0.25) is 5.95 Å². The van der Waals surface area contributed by atoms with Crippen molar-refractivity contribution in [2.75, 3.05) is 30.9 Å². The van der Waals surface area contributed by atoms with Crippen molar-refractivity contribution in [3.8, 4) is 0 Å². The summed E-state index contributed by atoms with van der Waals surface area (Å²) in [5.41, 5.74) is 0.788. The first-order chi connectivity index (χ1) is 12.2. The Hall–Kier alpha value is -2.68. The predicted molar refractivity (Wildman–Crippen MR) is 95.0 cm³/mol. The Morgan fingerprint density at radius 3 is 3.08 bits per heavy atom. The van der Waals surface area contributed by atoms with Crippen LogP contribution in [0.3, 0.4) is 0 Å². The molecular weight excluding hydrogens is 320 g/mol. The second-order valence-electron chi connectivity index (χ2n) is 6.47. The van der Waals surface area contributed by atoms with Crippen molar-refractivity contribution in [1.29, 1.82) is 0 Å². The molecule has 0 aliphatic heterocycles. The van der Waals surface area contributed by atoms with Gasteiger partial charge >= 0.3 is 0 Å². The van der Waals surface area contributed by atoms with Crippen LogP contribution < -0.4 is 10.6 Å². The number of rotatable bonds is 8. The lowest BCUT2D eigenvalue weighted by Crippen LogP contribution is -2.11. The second-order valence-corrected chi connectivity index (χ2v) is 6.47. The first-order valence-electron chi connectivity index (χ1n) is 8.49. The highest BCUT2D eigenvalue weighted by Crippen LogP contribution is 2.30. The van der Waals surface area contributed by atoms with Crippen molar-refractivity contribution < 1.29 is 4.74 Å². The van der Waals surface area contributed by atoms with Crippen molar-refractivity contribution in [2.45, 2.75) is 25.8 Å². The molecule has 1 atom stereocenters. The molecule has 1 aliphatic carbocycles. The fraction of sp³-hybridized carbons (Fsp3) is 0.500. The number of hydrogen-bond donors (Lipinski definition) is 3. The van der Waals surface area contributed by atoms with E-state index in [4.69, 9.17) is 4.74 Å². The van der Waals surface area contributed by atoms with E-state index in [0.717, 1.165) is 29.3 Å². The third-order valence-electron chi connectivity index (χ3n) is 4.28. The van der Waals surface area contributed by atoms with Crippen LogP contribution in [0.15, 0.2) is 18.5 Å². The molecule has 0 saturated heterocycles. The summed E-state index contributed by atoms with van der Waals surface area (Å²) >= 11 is 0. The summed E-state index contributed by atoms with van der Waals surface area (Å²) in [6, 6.07) is 2.09. The lowest BCUT2D eigenvalue weighted by Gasteiger charge is -2.09. The summed E-state index contributed by atoms with van der Waals surface area (Å²) < 4.78 is 6.90. The molecule has 0 bridgehead atoms. The van der Waals surface area contributed by atoms with Crippen LogP contribution in [0, 0.1) is 5.92 Å². The highest BCUT2D eigenvalue weighted by Gasteiger charge is 2.21. The Bertz CT molecular complexity index is 853. The van der Waals surface area contributed by atoms with Crippen molar-refractivity contribution >= 4 is 28.6 Å². The van der Waals surface area contributed by atoms with Crippen molar-refractivity contribution in [3.05, 3.63) is 18.5 Å². The van der Waals surface area contributed by atoms with Crippen LogP contribution in [0.1, 0.15) is 25.8 Å². The average Bonchev–Trinajstić information content (AvgIpc) is 3.10. The van der Waals surface area contributed by atoms with E-state index in [1.807, 2.05) is 25.4 Å². The standard InChI is InChI=1S/C16H22N8O/c1-10(9-25-2)24-8-13(22-23-24)19-16-20-14-12(5-6-17-14)15(21-16)18-7-11-3-4-11/h5-6,8,10-11H,3-4,7,9H2,1-2H3,(H3,17,18,19,20,21). The molecule has 1 aliphatic rings. The quantitative estimate of drug-likeness (QED) is 0.577. The van der Waals surface area contributed by atoms with E-state index in [1.165, 1.54) is 12.8 Å². The first-order valence-corrected chi connectivity index (χ1v) is 8.49. The Balaban J connectivity index is 1.54. The minimum absolute atomic E-state index is 0.107. The van der Waals surface area contributed by atoms with Crippen LogP contribution in [-0.4, -0.2) is 50.2 Å². The van der Waals surface area contributed by atoms with Crippen LogP contribution in [0.2, 0.25) is 0 Å². The molecule has 0 radical (unpaired) electrons. The molecule has 0 spiro atoms. The number of ether oxygens (including phenoxy) is 1. The Kier molecular flexibility index (Phi) is 4.22. The van der Waals surface area contributed by atoms with Crippen LogP contribution in [0.5, 0.6) is 0 Å². The predicted octanol–water partition coefficient (Wildman–Crippen LogP) is 2.32. The SMILES string of the molecule is COCC(C)n1cc(Nc2nc(NCC3CC3)c3cc[nH]c3n2)nn1. The van der Waals surface area contributed by atoms with Crippen molar-refractivity contribution in [1.82, 2.24) is 29.9 Å². The van der Waals surface area contributed by atoms with Crippen LogP contribution in [-0.2, 0) is 4.74 Å². The molecule has 132 valence electrons. The maximum absolute atomic E-state index is 5.15. The van der Waals surface area contributed by atoms with E-state index in [0.29, 0.717) is 18.4 Å². The number of H-pyrrole nitrogens is 1. The highest BCUT2D eigenvalue weighted by molar-refractivity contribution is 5.88. The Morgan fingerprint density at radius 2 is 2.28 bits per heavy atom. The number of aromatic amines is 1. The largest absolute Gasteiger partial charge is 0.382 e. The minimum Gasteiger partial charge on any atom is -0.382 e. The Morgan fingerprint density at radius 1 is 1.40 bits per heavy atom. The average molecular weight is 342 g/mol. The van der Waals surface area contributed by atoms with Crippen LogP contribution in [0.4, 0.5) is 17.6 Å². The summed E-state index contributed by atoms with van der Waals surface area (Å²) in [4.78, 5) is 12.2. The number of nitrogens with zero attached hydrogens (tertiary/aromatic N) is 5. The van der Waals surface area contributed by atoms with E-state index >= 15 is 0 Å². The Labute approximate surface area is 145 Å². The molecule has 3 N–H and O–H groups in total. The second kappa shape index (κ2) is 6.67. The topological polar surface area (TPSA) is 106 Å². The van der Waals surface area contributed by atoms with E-state index in [1.54, 1.807) is 11.8 Å². The number of hydrogen-bond acceptors (Lipinski definition) is 7. The number of methoxy groups -OCH3 is 1. The molecule has 1 unspecified atom stereocenters. The normalized spacial score (nSPS) is 15.4. The summed E-state index contributed by atoms with van der Waals surface area (Å²) in [5.74, 6) is 2.69. The lowest BCUT2D eigenvalue weighted by molar-refractivity contribution is 0.156. The lowest BCUT2D eigenvalue weighted by atomic mass is 10.3. The summed E-state index contributed by atoms with van der Waals surface area (Å²) in [6.45, 7) is 3.54. The zero-order valence-electron chi connectivity index (χ0n) is 14.4. The van der Waals surface area contributed by atoms with Gasteiger partial charge in [0.1, 0.15) is 11.5 Å². The van der Waals surface area contributed by atoms with Gasteiger partial charge in [0.25, 0.3) is 0 Å². The number of anilines is 3. The summed E-state index contributed by atoms with van der Waals surface area (Å²) in [6.07, 6.45) is 6.28. The van der Waals surface area contributed by atoms with Gasteiger partial charge in [0.15, 0.2) is 5.82 Å². The van der Waals surface area contributed by atoms with Crippen LogP contribution >= 0.6 is 0 Å². The van der Waals surface area contributed by atoms with Crippen molar-refractivity contribution in [2.24, 2.45) is 5.92 Å². The molecule has 4 rings (SSSR count). The maximum atomic E-state index is 5.15. The summed E-state index contributed by atoms with van der Waals surface area (Å²) in [7, 11) is 1.67. The van der Waals surface area contributed by atoms with E-state index < -0.39 is 0 Å². The molecule has 25 heavy (non-hydrogen) atoms. The zero-order chi connectivity index (χ0) is 17.2. The molecule has 1 fully saturated rings. The zero-order valence-corrected chi connectivity index (χ0v) is 14.4. The van der Waals surface area contributed by atoms with Gasteiger partial charge in [-0.1, -0.05) is 5.21 Å². The molecule has 0 amide bonds. The van der Waals surface area contributed by atoms with Gasteiger partial charge in [-0.25, -0.2) is 4.68 Å². The molecule has 3 aromatic rings. The minimum atomic E-state index is 0.107. The number of nitrogens with one attached hydrogen (secondary N) is 3. The molecule has 9 heteroatoms. The van der Waals surface area contributed by atoms with Gasteiger partial charge in [0.05, 0.1) is 24.2 Å². The smallest absolute Gasteiger partial charge is 0.232 e. The molecular formula is C16H22N8O. The van der Waals surface area contributed by atoms with Gasteiger partial charge < -0.3 is 20.4 Å². The van der Waals surface area contributed by atoms with Gasteiger partial charge in [0, 0.05) is 19.9 Å². The molecule has 0 aromatic carbocycles. The van der Waals surface area contributed by atoms with E-state index in [-0.39, 0.29) is 6.04 Å². The fourth-order valence-corrected chi connectivity index (χ4v) is 2.68. The first kappa shape index (κ1) is 15.8. The van der Waals surface area contributed by atoms with Gasteiger partial charge in [-0.05, 0) is 31.7 Å². The van der Waals surface area contributed by atoms with Gasteiger partial charge in [-0.2, -0.15) is 9.97 Å². The van der Waals surface area contributed by atoms with Gasteiger partial charge in [-0.15, -0.1) is 5.10 Å². The molecule has 9 nitrogen and oxygen atoms in total. The maximum Gasteiger partial charge on any atom is 0.232 e. The highest BCUT2D eigenvalue weighted by atomic mass is 16.5. The molecule has 3 aromatic heterocycles. The van der Waals surface area contributed by atoms with E-state index in [9.17, 15) is 0 Å². The number of aromatic nitrogens is 6. The molecule has 1 saturated carbocycles. The van der Waals surface area contributed by atoms with Gasteiger partial charge in [-0.3, -0.25) is 0 Å². The van der Waals surface area contributed by atoms with Crippen LogP contribution in [0.25, 0.3) is 11.0 Å². The fourth-order valence-electron chi connectivity index (χ4n) is 2.68. The number of fused-ring (bicyclic) bond motifs is 1. The van der Waals surface area contributed by atoms with E-state index in [2.05, 4.69) is 35.9 Å². The summed E-state index contributed by atoms with van der Waals surface area (Å²) in [5, 5.41) is 15.8. The third-order valence-corrected chi connectivity index (χ3v) is 4.28.